The average molecular weight is 180 g/mol. The van der Waals surface area contributed by atoms with Crippen molar-refractivity contribution in [2.24, 2.45) is 5.73 Å². The fourth-order valence-corrected chi connectivity index (χ4v) is 1.25. The second-order valence-electron chi connectivity index (χ2n) is 3.16. The van der Waals surface area contributed by atoms with Crippen LogP contribution in [0.3, 0.4) is 0 Å². The smallest absolute Gasteiger partial charge is 0.193 e. The minimum Gasteiger partial charge on any atom is -0.619 e. The Balaban J connectivity index is 2.78. The van der Waals surface area contributed by atoms with E-state index in [1.54, 1.807) is 6.07 Å². The van der Waals surface area contributed by atoms with Crippen LogP contribution in [0.1, 0.15) is 31.0 Å². The third kappa shape index (κ3) is 2.70. The van der Waals surface area contributed by atoms with Crippen molar-refractivity contribution >= 4 is 0 Å². The molecule has 0 saturated heterocycles. The topological polar surface area (TPSA) is 53.0 Å². The largest absolute Gasteiger partial charge is 0.619 e. The zero-order valence-electron chi connectivity index (χ0n) is 7.99. The minimum absolute atomic E-state index is 0.500. The van der Waals surface area contributed by atoms with E-state index in [9.17, 15) is 5.21 Å². The molecule has 0 aliphatic heterocycles. The highest BCUT2D eigenvalue weighted by Gasteiger charge is 2.04. The van der Waals surface area contributed by atoms with E-state index in [2.05, 4.69) is 6.92 Å². The molecule has 0 aromatic carbocycles. The third-order valence-corrected chi connectivity index (χ3v) is 2.08. The van der Waals surface area contributed by atoms with E-state index in [-0.39, 0.29) is 0 Å². The number of hydrogen-bond donors (Lipinski definition) is 1. The van der Waals surface area contributed by atoms with E-state index in [1.807, 2.05) is 6.07 Å². The van der Waals surface area contributed by atoms with Crippen LogP contribution in [0.2, 0.25) is 0 Å². The molecule has 0 amide bonds. The molecule has 0 bridgehead atoms. The fraction of sp³-hybridized carbons (Fsp3) is 0.500. The summed E-state index contributed by atoms with van der Waals surface area (Å²) in [5, 5.41) is 11.3. The summed E-state index contributed by atoms with van der Waals surface area (Å²) in [7, 11) is 0. The van der Waals surface area contributed by atoms with Crippen molar-refractivity contribution < 1.29 is 4.73 Å². The number of pyridine rings is 1. The number of unbranched alkanes of at least 4 members (excludes halogenated alkanes) is 1. The molecule has 0 atom stereocenters. The first-order valence-corrected chi connectivity index (χ1v) is 4.69. The molecule has 1 aromatic rings. The molecule has 3 nitrogen and oxygen atoms in total. The quantitative estimate of drug-likeness (QED) is 0.557. The maximum Gasteiger partial charge on any atom is 0.193 e. The maximum atomic E-state index is 11.3. The Hall–Kier alpha value is -1.09. The second kappa shape index (κ2) is 4.82. The molecule has 0 aliphatic rings. The van der Waals surface area contributed by atoms with Crippen LogP contribution in [0, 0.1) is 5.21 Å². The highest BCUT2D eigenvalue weighted by Crippen LogP contribution is 2.03. The minimum atomic E-state index is 0.500. The monoisotopic (exact) mass is 180 g/mol. The molecule has 0 radical (unpaired) electrons. The highest BCUT2D eigenvalue weighted by molar-refractivity contribution is 5.12. The first-order chi connectivity index (χ1) is 6.27. The van der Waals surface area contributed by atoms with Crippen LogP contribution in [0.5, 0.6) is 0 Å². The van der Waals surface area contributed by atoms with Gasteiger partial charge in [-0.15, -0.1) is 0 Å². The summed E-state index contributed by atoms with van der Waals surface area (Å²) < 4.78 is 0.925. The molecule has 0 spiro atoms. The SMILES string of the molecule is CCCCc1cc(CN)cc[n+]1[O-]. The number of hydrogen-bond acceptors (Lipinski definition) is 2. The first kappa shape index (κ1) is 9.99. The van der Waals surface area contributed by atoms with Gasteiger partial charge in [0.15, 0.2) is 11.9 Å². The van der Waals surface area contributed by atoms with Crippen LogP contribution in [0.25, 0.3) is 0 Å². The van der Waals surface area contributed by atoms with E-state index in [0.717, 1.165) is 35.3 Å². The van der Waals surface area contributed by atoms with Crippen molar-refractivity contribution in [1.29, 1.82) is 0 Å². The van der Waals surface area contributed by atoms with E-state index in [4.69, 9.17) is 5.73 Å². The molecule has 72 valence electrons. The van der Waals surface area contributed by atoms with Gasteiger partial charge in [-0.3, -0.25) is 0 Å². The Labute approximate surface area is 78.8 Å². The molecule has 13 heavy (non-hydrogen) atoms. The maximum absolute atomic E-state index is 11.3. The third-order valence-electron chi connectivity index (χ3n) is 2.08. The molecule has 1 heterocycles. The van der Waals surface area contributed by atoms with Crippen molar-refractivity contribution in [3.8, 4) is 0 Å². The van der Waals surface area contributed by atoms with Gasteiger partial charge in [-0.2, -0.15) is 4.73 Å². The van der Waals surface area contributed by atoms with Gasteiger partial charge in [-0.25, -0.2) is 0 Å². The van der Waals surface area contributed by atoms with Crippen molar-refractivity contribution in [3.05, 3.63) is 34.8 Å². The molecule has 0 saturated carbocycles. The predicted molar refractivity (Wildman–Crippen MR) is 51.9 cm³/mol. The molecule has 1 aromatic heterocycles. The van der Waals surface area contributed by atoms with Gasteiger partial charge in [-0.1, -0.05) is 13.3 Å². The predicted octanol–water partition coefficient (Wildman–Crippen LogP) is 1.12. The lowest BCUT2D eigenvalue weighted by atomic mass is 10.1. The number of aryl methyl sites for hydroxylation is 1. The van der Waals surface area contributed by atoms with Crippen molar-refractivity contribution in [3.63, 3.8) is 0 Å². The van der Waals surface area contributed by atoms with Crippen LogP contribution < -0.4 is 10.5 Å². The van der Waals surface area contributed by atoms with Gasteiger partial charge < -0.3 is 10.9 Å². The van der Waals surface area contributed by atoms with Gasteiger partial charge in [0.25, 0.3) is 0 Å². The fourth-order valence-electron chi connectivity index (χ4n) is 1.25. The van der Waals surface area contributed by atoms with Crippen LogP contribution in [-0.4, -0.2) is 0 Å². The Morgan fingerprint density at radius 3 is 2.92 bits per heavy atom. The van der Waals surface area contributed by atoms with Crippen LogP contribution in [-0.2, 0) is 13.0 Å². The lowest BCUT2D eigenvalue weighted by molar-refractivity contribution is -0.614. The van der Waals surface area contributed by atoms with E-state index in [0.29, 0.717) is 6.54 Å². The molecular formula is C10H16N2O. The Morgan fingerprint density at radius 1 is 1.54 bits per heavy atom. The summed E-state index contributed by atoms with van der Waals surface area (Å²) in [6.45, 7) is 2.61. The number of nitrogens with two attached hydrogens (primary N) is 1. The van der Waals surface area contributed by atoms with Gasteiger partial charge in [0, 0.05) is 25.1 Å². The number of rotatable bonds is 4. The Morgan fingerprint density at radius 2 is 2.31 bits per heavy atom. The molecule has 2 N–H and O–H groups in total. The average Bonchev–Trinajstić information content (AvgIpc) is 2.17. The van der Waals surface area contributed by atoms with E-state index >= 15 is 0 Å². The molecule has 0 fully saturated rings. The number of aromatic nitrogens is 1. The van der Waals surface area contributed by atoms with Crippen molar-refractivity contribution in [2.75, 3.05) is 0 Å². The lowest BCUT2D eigenvalue weighted by Crippen LogP contribution is -2.31. The Kier molecular flexibility index (Phi) is 3.71. The van der Waals surface area contributed by atoms with Gasteiger partial charge in [0.2, 0.25) is 0 Å². The van der Waals surface area contributed by atoms with Gasteiger partial charge in [0.05, 0.1) is 0 Å². The van der Waals surface area contributed by atoms with Gasteiger partial charge in [-0.05, 0) is 12.0 Å². The normalized spacial score (nSPS) is 10.3. The molecular weight excluding hydrogens is 164 g/mol. The summed E-state index contributed by atoms with van der Waals surface area (Å²) >= 11 is 0. The van der Waals surface area contributed by atoms with Crippen molar-refractivity contribution in [2.45, 2.75) is 32.7 Å². The molecule has 0 unspecified atom stereocenters. The summed E-state index contributed by atoms with van der Waals surface area (Å²) in [5.74, 6) is 0. The molecule has 3 heteroatoms. The summed E-state index contributed by atoms with van der Waals surface area (Å²) in [4.78, 5) is 0. The van der Waals surface area contributed by atoms with E-state index in [1.165, 1.54) is 6.20 Å². The second-order valence-corrected chi connectivity index (χ2v) is 3.16. The standard InChI is InChI=1S/C10H16N2O/c1-2-3-4-10-7-9(8-11)5-6-12(10)13/h5-7H,2-4,8,11H2,1H3. The Bertz CT molecular complexity index is 274. The van der Waals surface area contributed by atoms with E-state index < -0.39 is 0 Å². The van der Waals surface area contributed by atoms with Gasteiger partial charge in [0.1, 0.15) is 0 Å². The highest BCUT2D eigenvalue weighted by atomic mass is 16.5. The van der Waals surface area contributed by atoms with Gasteiger partial charge >= 0.3 is 0 Å². The summed E-state index contributed by atoms with van der Waals surface area (Å²) in [5.41, 5.74) is 7.34. The zero-order valence-corrected chi connectivity index (χ0v) is 7.99. The van der Waals surface area contributed by atoms with Crippen LogP contribution in [0.15, 0.2) is 18.3 Å². The molecule has 0 aliphatic carbocycles. The number of nitrogens with zero attached hydrogens (tertiary/aromatic N) is 1. The molecule has 1 rings (SSSR count). The first-order valence-electron chi connectivity index (χ1n) is 4.69. The van der Waals surface area contributed by atoms with Crippen LogP contribution in [0.4, 0.5) is 0 Å². The lowest BCUT2D eigenvalue weighted by Gasteiger charge is -2.04. The zero-order chi connectivity index (χ0) is 9.68. The van der Waals surface area contributed by atoms with Crippen LogP contribution >= 0.6 is 0 Å². The summed E-state index contributed by atoms with van der Waals surface area (Å²) in [6, 6.07) is 3.66. The summed E-state index contributed by atoms with van der Waals surface area (Å²) in [6.07, 6.45) is 4.53. The van der Waals surface area contributed by atoms with Crippen molar-refractivity contribution in [1.82, 2.24) is 0 Å².